The number of carbonyl (C=O) groups is 9. The zero-order valence-corrected chi connectivity index (χ0v) is 44.6. The van der Waals surface area contributed by atoms with Crippen molar-refractivity contribution in [3.05, 3.63) is 29.8 Å². The van der Waals surface area contributed by atoms with Gasteiger partial charge >= 0.3 is 11.9 Å². The van der Waals surface area contributed by atoms with Crippen LogP contribution in [-0.4, -0.2) is 173 Å². The van der Waals surface area contributed by atoms with E-state index in [2.05, 4.69) is 21.3 Å². The minimum atomic E-state index is -1.73. The monoisotopic (exact) mass is 1020 g/mol. The second-order valence-electron chi connectivity index (χ2n) is 20.7. The molecule has 6 N–H and O–H groups in total. The van der Waals surface area contributed by atoms with E-state index in [0.29, 0.717) is 17.7 Å². The molecular weight excluding hydrogens is 935 g/mol. The molecule has 0 spiro atoms. The number of hydrogen-bond donors (Lipinski definition) is 6. The SMILES string of the molecule is COc1ccc(C[C@H]2C(=O)O[C@H](C)[C@H](NC(=O)[C@@H](CC(C)C)N(C)C(=O)[C@@H]3CCCN3C(=O)[C@H](C)O)C(=O)N[C@H](C(C)C)[C@@H](O)CC(=O)O[C@@H](C(C)C)C(=O)N[C@@H](CC(C)C)C(=O)N[C@@H](C)C(=O)N2C)cc1. The number of likely N-dealkylation sites (tertiary alicyclic amines) is 1. The molecule has 11 atom stereocenters. The fraction of sp³-hybridized carbons (Fsp3) is 0.706. The van der Waals surface area contributed by atoms with Crippen molar-refractivity contribution in [2.45, 2.75) is 181 Å². The van der Waals surface area contributed by atoms with Gasteiger partial charge in [0.15, 0.2) is 6.10 Å². The smallest absolute Gasteiger partial charge is 0.329 e. The van der Waals surface area contributed by atoms with Crippen LogP contribution in [0, 0.1) is 23.7 Å². The van der Waals surface area contributed by atoms with Crippen LogP contribution in [0.3, 0.4) is 0 Å². The minimum Gasteiger partial charge on any atom is -0.497 e. The summed E-state index contributed by atoms with van der Waals surface area (Å²) in [6, 6.07) is -2.30. The Morgan fingerprint density at radius 1 is 0.861 bits per heavy atom. The summed E-state index contributed by atoms with van der Waals surface area (Å²) in [5, 5.41) is 32.4. The highest BCUT2D eigenvalue weighted by molar-refractivity contribution is 5.96. The van der Waals surface area contributed by atoms with E-state index >= 15 is 0 Å². The summed E-state index contributed by atoms with van der Waals surface area (Å²) in [6.07, 6.45) is -5.75. The lowest BCUT2D eigenvalue weighted by molar-refractivity contribution is -0.162. The molecule has 21 heteroatoms. The molecule has 72 heavy (non-hydrogen) atoms. The molecule has 21 nitrogen and oxygen atoms in total. The summed E-state index contributed by atoms with van der Waals surface area (Å²) < 4.78 is 17.0. The second-order valence-corrected chi connectivity index (χ2v) is 20.7. The predicted octanol–water partition coefficient (Wildman–Crippen LogP) is 1.23. The third-order valence-corrected chi connectivity index (χ3v) is 13.0. The van der Waals surface area contributed by atoms with Gasteiger partial charge in [-0.15, -0.1) is 0 Å². The first-order chi connectivity index (χ1) is 33.6. The van der Waals surface area contributed by atoms with Crippen molar-refractivity contribution in [3.8, 4) is 5.75 Å². The van der Waals surface area contributed by atoms with Gasteiger partial charge in [-0.1, -0.05) is 67.5 Å². The lowest BCUT2D eigenvalue weighted by Crippen LogP contribution is -2.62. The highest BCUT2D eigenvalue weighted by atomic mass is 16.6. The maximum atomic E-state index is 14.7. The number of hydrogen-bond acceptors (Lipinski definition) is 14. The van der Waals surface area contributed by atoms with E-state index in [1.807, 2.05) is 27.7 Å². The van der Waals surface area contributed by atoms with Gasteiger partial charge in [0, 0.05) is 27.1 Å². The van der Waals surface area contributed by atoms with Gasteiger partial charge < -0.3 is 60.4 Å². The number of rotatable bonds is 14. The Hall–Kier alpha value is -5.83. The molecule has 0 bridgehead atoms. The van der Waals surface area contributed by atoms with Crippen molar-refractivity contribution >= 4 is 53.3 Å². The Labute approximate surface area is 424 Å². The van der Waals surface area contributed by atoms with E-state index in [4.69, 9.17) is 14.2 Å². The van der Waals surface area contributed by atoms with Crippen LogP contribution in [0.15, 0.2) is 24.3 Å². The number of likely N-dealkylation sites (N-methyl/N-ethyl adjacent to an activating group) is 2. The zero-order chi connectivity index (χ0) is 54.5. The number of esters is 2. The summed E-state index contributed by atoms with van der Waals surface area (Å²) >= 11 is 0. The molecule has 2 aliphatic rings. The molecule has 404 valence electrons. The van der Waals surface area contributed by atoms with E-state index in [0.717, 1.165) is 4.90 Å². The van der Waals surface area contributed by atoms with E-state index < -0.39 is 138 Å². The summed E-state index contributed by atoms with van der Waals surface area (Å²) in [5.74, 6) is -8.19. The fourth-order valence-electron chi connectivity index (χ4n) is 8.87. The molecule has 0 unspecified atom stereocenters. The van der Waals surface area contributed by atoms with Crippen LogP contribution < -0.4 is 26.0 Å². The van der Waals surface area contributed by atoms with Crippen molar-refractivity contribution in [3.63, 3.8) is 0 Å². The van der Waals surface area contributed by atoms with E-state index in [-0.39, 0.29) is 44.1 Å². The molecule has 7 amide bonds. The first kappa shape index (κ1) is 60.5. The van der Waals surface area contributed by atoms with Gasteiger partial charge in [-0.2, -0.15) is 0 Å². The van der Waals surface area contributed by atoms with Gasteiger partial charge in [-0.25, -0.2) is 4.79 Å². The first-order valence-corrected chi connectivity index (χ1v) is 25.0. The van der Waals surface area contributed by atoms with Crippen molar-refractivity contribution in [2.75, 3.05) is 27.7 Å². The maximum Gasteiger partial charge on any atom is 0.329 e. The lowest BCUT2D eigenvalue weighted by atomic mass is 9.95. The summed E-state index contributed by atoms with van der Waals surface area (Å²) in [5.41, 5.74) is 0.569. The molecule has 3 rings (SSSR count). The molecule has 0 saturated carbocycles. The molecule has 0 aliphatic carbocycles. The van der Waals surface area contributed by atoms with Crippen LogP contribution in [0.1, 0.15) is 114 Å². The van der Waals surface area contributed by atoms with Crippen LogP contribution in [0.25, 0.3) is 0 Å². The van der Waals surface area contributed by atoms with Crippen molar-refractivity contribution in [1.29, 1.82) is 0 Å². The Balaban J connectivity index is 2.20. The Kier molecular flexibility index (Phi) is 22.9. The van der Waals surface area contributed by atoms with E-state index in [1.165, 1.54) is 51.8 Å². The Morgan fingerprint density at radius 3 is 2.03 bits per heavy atom. The highest BCUT2D eigenvalue weighted by Gasteiger charge is 2.43. The molecule has 1 aromatic carbocycles. The summed E-state index contributed by atoms with van der Waals surface area (Å²) in [7, 11) is 4.24. The summed E-state index contributed by atoms with van der Waals surface area (Å²) in [6.45, 7) is 18.2. The average Bonchev–Trinajstić information content (AvgIpc) is 3.80. The molecule has 2 fully saturated rings. The second kappa shape index (κ2) is 27.3. The lowest BCUT2D eigenvalue weighted by Gasteiger charge is -2.36. The molecule has 2 saturated heterocycles. The number of nitrogens with zero attached hydrogens (tertiary/aromatic N) is 3. The van der Waals surface area contributed by atoms with Gasteiger partial charge in [-0.05, 0) is 87.8 Å². The van der Waals surface area contributed by atoms with Crippen molar-refractivity contribution in [1.82, 2.24) is 36.0 Å². The molecule has 1 aromatic rings. The van der Waals surface area contributed by atoms with Crippen LogP contribution >= 0.6 is 0 Å². The number of methoxy groups -OCH3 is 1. The number of aliphatic hydroxyl groups is 2. The van der Waals surface area contributed by atoms with Crippen LogP contribution in [0.4, 0.5) is 0 Å². The van der Waals surface area contributed by atoms with Crippen molar-refractivity contribution < 1.29 is 67.6 Å². The topological polar surface area (TPSA) is 280 Å². The standard InChI is InChI=1S/C51H81N7O14/c1-26(2)22-35-44(62)52-30(9)48(66)57(13)38(24-33-17-19-34(70-14)20-18-33)51(69)71-32(11)42(46(64)54-41(28(5)6)39(60)25-40(61)72-43(29(7)8)47(65)53-35)55-45(63)37(23-27(3)4)56(12)50(68)36-16-15-21-58(36)49(67)31(10)59/h17-20,26-32,35-39,41-43,59-60H,15-16,21-25H2,1-14H3,(H,52,62)(H,53,65)(H,54,64)(H,55,63)/t30-,31-,32+,35-,36-,37+,38-,39-,41+,42-,43-/m0/s1. The van der Waals surface area contributed by atoms with Crippen LogP contribution in [-0.2, 0) is 59.0 Å². The number of cyclic esters (lactones) is 2. The molecule has 0 radical (unpaired) electrons. The minimum absolute atomic E-state index is 0.0856. The van der Waals surface area contributed by atoms with Crippen molar-refractivity contribution in [2.24, 2.45) is 23.7 Å². The largest absolute Gasteiger partial charge is 0.497 e. The van der Waals surface area contributed by atoms with Crippen LogP contribution in [0.2, 0.25) is 0 Å². The highest BCUT2D eigenvalue weighted by Crippen LogP contribution is 2.24. The zero-order valence-electron chi connectivity index (χ0n) is 44.6. The van der Waals surface area contributed by atoms with Gasteiger partial charge in [0.1, 0.15) is 54.2 Å². The normalized spacial score (nSPS) is 26.5. The van der Waals surface area contributed by atoms with Gasteiger partial charge in [-0.3, -0.25) is 38.4 Å². The maximum absolute atomic E-state index is 14.7. The Morgan fingerprint density at radius 2 is 1.49 bits per heavy atom. The van der Waals surface area contributed by atoms with Crippen LogP contribution in [0.5, 0.6) is 5.75 Å². The molecule has 2 heterocycles. The number of nitrogens with one attached hydrogen (secondary N) is 4. The number of ether oxygens (including phenoxy) is 3. The van der Waals surface area contributed by atoms with Gasteiger partial charge in [0.2, 0.25) is 29.5 Å². The predicted molar refractivity (Wildman–Crippen MR) is 264 cm³/mol. The fourth-order valence-corrected chi connectivity index (χ4v) is 8.87. The number of carbonyl (C=O) groups excluding carboxylic acids is 9. The van der Waals surface area contributed by atoms with E-state index in [9.17, 15) is 53.4 Å². The number of aliphatic hydroxyl groups excluding tert-OH is 2. The summed E-state index contributed by atoms with van der Waals surface area (Å²) in [4.78, 5) is 130. The van der Waals surface area contributed by atoms with Gasteiger partial charge in [0.25, 0.3) is 11.8 Å². The molecular formula is C51H81N7O14. The molecule has 0 aromatic heterocycles. The van der Waals surface area contributed by atoms with Gasteiger partial charge in [0.05, 0.1) is 25.7 Å². The third kappa shape index (κ3) is 16.6. The molecule has 2 aliphatic heterocycles. The first-order valence-electron chi connectivity index (χ1n) is 25.0. The quantitative estimate of drug-likeness (QED) is 0.143. The number of amides is 7. The number of benzene rings is 1. The third-order valence-electron chi connectivity index (χ3n) is 13.0. The Bertz CT molecular complexity index is 2060. The average molecular weight is 1020 g/mol. The van der Waals surface area contributed by atoms with E-state index in [1.54, 1.807) is 52.0 Å².